The summed E-state index contributed by atoms with van der Waals surface area (Å²) in [6, 6.07) is 3.68. The molecule has 104 valence electrons. The molecule has 0 radical (unpaired) electrons. The summed E-state index contributed by atoms with van der Waals surface area (Å²) < 4.78 is 4.44. The smallest absolute Gasteiger partial charge is 0.330 e. The Hall–Kier alpha value is -1.30. The standard InChI is InChI=1S/C12H13Cl2NO4/c1-19-12(18)10(6-16)15-11(17)4-7-2-3-8(13)5-9(7)14/h2-3,5,10,16H,4,6H2,1H3,(H,15,17). The summed E-state index contributed by atoms with van der Waals surface area (Å²) in [4.78, 5) is 22.9. The first-order chi connectivity index (χ1) is 8.97. The molecule has 1 aromatic rings. The number of ether oxygens (including phenoxy) is 1. The second-order valence-electron chi connectivity index (χ2n) is 3.74. The Morgan fingerprint density at radius 1 is 1.42 bits per heavy atom. The van der Waals surface area contributed by atoms with Crippen molar-refractivity contribution < 1.29 is 19.4 Å². The van der Waals surface area contributed by atoms with Crippen molar-refractivity contribution in [1.82, 2.24) is 5.32 Å². The van der Waals surface area contributed by atoms with Crippen LogP contribution in [0.25, 0.3) is 0 Å². The van der Waals surface area contributed by atoms with Gasteiger partial charge in [-0.25, -0.2) is 4.79 Å². The minimum atomic E-state index is -1.08. The van der Waals surface area contributed by atoms with Crippen molar-refractivity contribution in [1.29, 1.82) is 0 Å². The van der Waals surface area contributed by atoms with Crippen molar-refractivity contribution in [2.24, 2.45) is 0 Å². The maximum absolute atomic E-state index is 11.7. The first-order valence-electron chi connectivity index (χ1n) is 5.40. The number of amides is 1. The average molecular weight is 306 g/mol. The summed E-state index contributed by atoms with van der Waals surface area (Å²) in [5.41, 5.74) is 0.574. The Balaban J connectivity index is 2.66. The molecule has 0 saturated heterocycles. The fourth-order valence-corrected chi connectivity index (χ4v) is 1.88. The molecule has 2 N–H and O–H groups in total. The summed E-state index contributed by atoms with van der Waals surface area (Å²) >= 11 is 11.7. The first kappa shape index (κ1) is 15.8. The lowest BCUT2D eigenvalue weighted by Gasteiger charge is -2.14. The van der Waals surface area contributed by atoms with E-state index in [2.05, 4.69) is 10.1 Å². The molecule has 0 heterocycles. The molecule has 1 rings (SSSR count). The van der Waals surface area contributed by atoms with Crippen LogP contribution in [-0.4, -0.2) is 36.7 Å². The summed E-state index contributed by atoms with van der Waals surface area (Å²) in [6.07, 6.45) is -0.0243. The molecule has 0 saturated carbocycles. The molecule has 1 atom stereocenters. The minimum Gasteiger partial charge on any atom is -0.467 e. The van der Waals surface area contributed by atoms with E-state index in [9.17, 15) is 9.59 Å². The van der Waals surface area contributed by atoms with Crippen LogP contribution in [0.3, 0.4) is 0 Å². The maximum atomic E-state index is 11.7. The highest BCUT2D eigenvalue weighted by molar-refractivity contribution is 6.35. The highest BCUT2D eigenvalue weighted by atomic mass is 35.5. The SMILES string of the molecule is COC(=O)C(CO)NC(=O)Cc1ccc(Cl)cc1Cl. The predicted molar refractivity (Wildman–Crippen MR) is 71.2 cm³/mol. The quantitative estimate of drug-likeness (QED) is 0.801. The zero-order valence-electron chi connectivity index (χ0n) is 10.2. The van der Waals surface area contributed by atoms with Crippen molar-refractivity contribution in [3.63, 3.8) is 0 Å². The van der Waals surface area contributed by atoms with Crippen LogP contribution < -0.4 is 5.32 Å². The van der Waals surface area contributed by atoms with Gasteiger partial charge < -0.3 is 15.2 Å². The Morgan fingerprint density at radius 3 is 2.63 bits per heavy atom. The Kier molecular flexibility index (Phi) is 6.08. The van der Waals surface area contributed by atoms with Gasteiger partial charge >= 0.3 is 5.97 Å². The number of esters is 1. The zero-order valence-corrected chi connectivity index (χ0v) is 11.7. The van der Waals surface area contributed by atoms with Gasteiger partial charge in [0, 0.05) is 10.0 Å². The lowest BCUT2D eigenvalue weighted by Crippen LogP contribution is -2.44. The van der Waals surface area contributed by atoms with Gasteiger partial charge in [0.15, 0.2) is 6.04 Å². The molecule has 19 heavy (non-hydrogen) atoms. The van der Waals surface area contributed by atoms with Gasteiger partial charge in [-0.05, 0) is 17.7 Å². The predicted octanol–water partition coefficient (Wildman–Crippen LogP) is 1.19. The van der Waals surface area contributed by atoms with Crippen LogP contribution in [0.4, 0.5) is 0 Å². The summed E-state index contributed by atoms with van der Waals surface area (Å²) in [5.74, 6) is -1.16. The van der Waals surface area contributed by atoms with E-state index in [0.29, 0.717) is 15.6 Å². The van der Waals surface area contributed by atoms with Crippen LogP contribution in [0.15, 0.2) is 18.2 Å². The molecular formula is C12H13Cl2NO4. The highest BCUT2D eigenvalue weighted by Gasteiger charge is 2.20. The highest BCUT2D eigenvalue weighted by Crippen LogP contribution is 2.21. The monoisotopic (exact) mass is 305 g/mol. The molecular weight excluding hydrogens is 293 g/mol. The van der Waals surface area contributed by atoms with Crippen molar-refractivity contribution in [2.45, 2.75) is 12.5 Å². The molecule has 0 aliphatic heterocycles. The lowest BCUT2D eigenvalue weighted by atomic mass is 10.1. The Labute approximate surface area is 120 Å². The molecule has 1 unspecified atom stereocenters. The Morgan fingerprint density at radius 2 is 2.11 bits per heavy atom. The van der Waals surface area contributed by atoms with Crippen molar-refractivity contribution in [2.75, 3.05) is 13.7 Å². The van der Waals surface area contributed by atoms with E-state index in [4.69, 9.17) is 28.3 Å². The molecule has 0 fully saturated rings. The fraction of sp³-hybridized carbons (Fsp3) is 0.333. The van der Waals surface area contributed by atoms with Gasteiger partial charge in [0.2, 0.25) is 5.91 Å². The van der Waals surface area contributed by atoms with Crippen molar-refractivity contribution in [3.05, 3.63) is 33.8 Å². The third-order valence-electron chi connectivity index (χ3n) is 2.37. The van der Waals surface area contributed by atoms with E-state index >= 15 is 0 Å². The van der Waals surface area contributed by atoms with Crippen LogP contribution in [0.5, 0.6) is 0 Å². The first-order valence-corrected chi connectivity index (χ1v) is 6.15. The van der Waals surface area contributed by atoms with E-state index in [1.807, 2.05) is 0 Å². The minimum absolute atomic E-state index is 0.0243. The van der Waals surface area contributed by atoms with Crippen molar-refractivity contribution >= 4 is 35.1 Å². The fourth-order valence-electron chi connectivity index (χ4n) is 1.40. The maximum Gasteiger partial charge on any atom is 0.330 e. The van der Waals surface area contributed by atoms with E-state index < -0.39 is 24.5 Å². The van der Waals surface area contributed by atoms with Gasteiger partial charge in [0.1, 0.15) is 0 Å². The summed E-state index contributed by atoms with van der Waals surface area (Å²) in [6.45, 7) is -0.535. The number of benzene rings is 1. The zero-order chi connectivity index (χ0) is 14.4. The lowest BCUT2D eigenvalue weighted by molar-refractivity contribution is -0.146. The van der Waals surface area contributed by atoms with Gasteiger partial charge in [-0.3, -0.25) is 4.79 Å². The molecule has 1 amide bonds. The van der Waals surface area contributed by atoms with Crippen molar-refractivity contribution in [3.8, 4) is 0 Å². The normalized spacial score (nSPS) is 11.8. The van der Waals surface area contributed by atoms with Crippen LogP contribution in [-0.2, 0) is 20.7 Å². The van der Waals surface area contributed by atoms with Gasteiger partial charge in [0.25, 0.3) is 0 Å². The molecule has 1 aromatic carbocycles. The largest absolute Gasteiger partial charge is 0.467 e. The van der Waals surface area contributed by atoms with Crippen LogP contribution in [0.2, 0.25) is 10.0 Å². The molecule has 0 aliphatic rings. The third kappa shape index (κ3) is 4.70. The molecule has 5 nitrogen and oxygen atoms in total. The third-order valence-corrected chi connectivity index (χ3v) is 2.96. The van der Waals surface area contributed by atoms with Crippen LogP contribution >= 0.6 is 23.2 Å². The molecule has 0 aliphatic carbocycles. The molecule has 0 bridgehead atoms. The summed E-state index contributed by atoms with van der Waals surface area (Å²) in [7, 11) is 1.17. The number of carbonyl (C=O) groups is 2. The van der Waals surface area contributed by atoms with E-state index in [-0.39, 0.29) is 6.42 Å². The van der Waals surface area contributed by atoms with Gasteiger partial charge in [0.05, 0.1) is 20.1 Å². The number of aliphatic hydroxyl groups excluding tert-OH is 1. The topological polar surface area (TPSA) is 75.6 Å². The number of hydrogen-bond donors (Lipinski definition) is 2. The van der Waals surface area contributed by atoms with Gasteiger partial charge in [-0.15, -0.1) is 0 Å². The van der Waals surface area contributed by atoms with Crippen LogP contribution in [0, 0.1) is 0 Å². The number of nitrogens with one attached hydrogen (secondary N) is 1. The van der Waals surface area contributed by atoms with Gasteiger partial charge in [-0.2, -0.15) is 0 Å². The second-order valence-corrected chi connectivity index (χ2v) is 4.58. The van der Waals surface area contributed by atoms with E-state index in [1.165, 1.54) is 13.2 Å². The second kappa shape index (κ2) is 7.33. The average Bonchev–Trinajstić information content (AvgIpc) is 2.38. The Bertz CT molecular complexity index is 479. The number of aliphatic hydroxyl groups is 1. The van der Waals surface area contributed by atoms with E-state index in [1.54, 1.807) is 12.1 Å². The molecule has 0 aromatic heterocycles. The number of hydrogen-bond acceptors (Lipinski definition) is 4. The molecule has 0 spiro atoms. The number of carbonyl (C=O) groups excluding carboxylic acids is 2. The van der Waals surface area contributed by atoms with E-state index in [0.717, 1.165) is 0 Å². The van der Waals surface area contributed by atoms with Crippen LogP contribution in [0.1, 0.15) is 5.56 Å². The number of methoxy groups -OCH3 is 1. The van der Waals surface area contributed by atoms with Gasteiger partial charge in [-0.1, -0.05) is 29.3 Å². The number of halogens is 2. The molecule has 7 heteroatoms. The number of rotatable bonds is 5. The summed E-state index contributed by atoms with van der Waals surface area (Å²) in [5, 5.41) is 12.2.